The summed E-state index contributed by atoms with van der Waals surface area (Å²) in [5.74, 6) is 0. The Hall–Kier alpha value is -0.640. The molecule has 0 unspecified atom stereocenters. The van der Waals surface area contributed by atoms with Gasteiger partial charge in [0, 0.05) is 6.04 Å². The molecule has 0 bridgehead atoms. The van der Waals surface area contributed by atoms with Gasteiger partial charge < -0.3 is 10.1 Å². The van der Waals surface area contributed by atoms with Crippen LogP contribution in [0.2, 0.25) is 5.15 Å². The van der Waals surface area contributed by atoms with Crippen molar-refractivity contribution >= 4 is 11.6 Å². The molecule has 4 heteroatoms. The van der Waals surface area contributed by atoms with E-state index in [1.165, 1.54) is 6.42 Å². The van der Waals surface area contributed by atoms with Gasteiger partial charge in [-0.15, -0.1) is 0 Å². The lowest BCUT2D eigenvalue weighted by Crippen LogP contribution is -2.44. The number of nitrogens with zero attached hydrogens (tertiary/aromatic N) is 1. The molecule has 3 nitrogen and oxygen atoms in total. The molecule has 1 aliphatic rings. The molecule has 0 aliphatic carbocycles. The Morgan fingerprint density at radius 1 is 1.53 bits per heavy atom. The molecule has 0 amide bonds. The zero-order chi connectivity index (χ0) is 12.3. The van der Waals surface area contributed by atoms with Crippen molar-refractivity contribution in [2.75, 3.05) is 6.54 Å². The summed E-state index contributed by atoms with van der Waals surface area (Å²) in [4.78, 5) is 4.28. The minimum Gasteiger partial charge on any atom is -0.367 e. The van der Waals surface area contributed by atoms with Crippen LogP contribution in [0.1, 0.15) is 38.5 Å². The highest BCUT2D eigenvalue weighted by Gasteiger charge is 2.24. The molecule has 1 N–H and O–H groups in total. The van der Waals surface area contributed by atoms with E-state index < -0.39 is 0 Å². The second-order valence-corrected chi connectivity index (χ2v) is 4.97. The Labute approximate surface area is 108 Å². The van der Waals surface area contributed by atoms with Crippen LogP contribution in [0.15, 0.2) is 18.2 Å². The van der Waals surface area contributed by atoms with E-state index in [1.54, 1.807) is 6.07 Å². The average molecular weight is 255 g/mol. The van der Waals surface area contributed by atoms with Crippen LogP contribution in [0, 0.1) is 0 Å². The zero-order valence-corrected chi connectivity index (χ0v) is 11.1. The van der Waals surface area contributed by atoms with Crippen LogP contribution in [-0.4, -0.2) is 23.7 Å². The number of hydrogen-bond acceptors (Lipinski definition) is 3. The van der Waals surface area contributed by atoms with Gasteiger partial charge in [-0.25, -0.2) is 4.98 Å². The lowest BCUT2D eigenvalue weighted by atomic mass is 10.0. The summed E-state index contributed by atoms with van der Waals surface area (Å²) in [6.45, 7) is 5.28. The average Bonchev–Trinajstić information content (AvgIpc) is 2.32. The summed E-state index contributed by atoms with van der Waals surface area (Å²) in [6, 6.07) is 6.05. The first kappa shape index (κ1) is 12.8. The number of pyridine rings is 1. The first-order valence-electron chi connectivity index (χ1n) is 6.18. The summed E-state index contributed by atoms with van der Waals surface area (Å²) in [7, 11) is 0. The van der Waals surface area contributed by atoms with Crippen LogP contribution >= 0.6 is 11.6 Å². The van der Waals surface area contributed by atoms with Gasteiger partial charge in [-0.05, 0) is 45.4 Å². The molecule has 17 heavy (non-hydrogen) atoms. The molecule has 0 aromatic carbocycles. The summed E-state index contributed by atoms with van der Waals surface area (Å²) in [6.07, 6.45) is 2.53. The molecule has 1 saturated heterocycles. The van der Waals surface area contributed by atoms with Crippen molar-refractivity contribution in [2.45, 2.75) is 44.9 Å². The van der Waals surface area contributed by atoms with E-state index >= 15 is 0 Å². The quantitative estimate of drug-likeness (QED) is 0.843. The van der Waals surface area contributed by atoms with Gasteiger partial charge in [0.15, 0.2) is 0 Å². The first-order chi connectivity index (χ1) is 8.16. The van der Waals surface area contributed by atoms with Gasteiger partial charge in [0.25, 0.3) is 0 Å². The fourth-order valence-electron chi connectivity index (χ4n) is 2.18. The third kappa shape index (κ3) is 3.41. The molecule has 3 atom stereocenters. The lowest BCUT2D eigenvalue weighted by Gasteiger charge is -2.32. The van der Waals surface area contributed by atoms with Crippen molar-refractivity contribution < 1.29 is 4.74 Å². The van der Waals surface area contributed by atoms with Gasteiger partial charge in [-0.3, -0.25) is 0 Å². The number of piperidine rings is 1. The van der Waals surface area contributed by atoms with Gasteiger partial charge in [0.2, 0.25) is 0 Å². The first-order valence-corrected chi connectivity index (χ1v) is 6.56. The van der Waals surface area contributed by atoms with E-state index in [0.717, 1.165) is 18.7 Å². The van der Waals surface area contributed by atoms with Crippen LogP contribution < -0.4 is 5.32 Å². The van der Waals surface area contributed by atoms with Gasteiger partial charge in [-0.1, -0.05) is 17.7 Å². The van der Waals surface area contributed by atoms with Gasteiger partial charge in [0.1, 0.15) is 5.15 Å². The molecule has 0 spiro atoms. The maximum atomic E-state index is 6.06. The Bertz CT molecular complexity index is 372. The van der Waals surface area contributed by atoms with Crippen molar-refractivity contribution in [1.82, 2.24) is 10.3 Å². The standard InChI is InChI=1S/C13H19ClN2O/c1-9-12(6-4-8-15-9)17-10(2)11-5-3-7-13(14)16-11/h3,5,7,9-10,12,15H,4,6,8H2,1-2H3/t9-,10+,12-/m0/s1. The van der Waals surface area contributed by atoms with Gasteiger partial charge >= 0.3 is 0 Å². The van der Waals surface area contributed by atoms with Crippen LogP contribution in [0.25, 0.3) is 0 Å². The molecular formula is C13H19ClN2O. The molecule has 1 fully saturated rings. The van der Waals surface area contributed by atoms with Crippen molar-refractivity contribution in [1.29, 1.82) is 0 Å². The fourth-order valence-corrected chi connectivity index (χ4v) is 2.35. The monoisotopic (exact) mass is 254 g/mol. The molecule has 2 heterocycles. The van der Waals surface area contributed by atoms with Crippen molar-refractivity contribution in [2.24, 2.45) is 0 Å². The Kier molecular flexibility index (Phi) is 4.37. The Balaban J connectivity index is 1.98. The van der Waals surface area contributed by atoms with E-state index in [0.29, 0.717) is 11.2 Å². The number of rotatable bonds is 3. The minimum absolute atomic E-state index is 0.0129. The lowest BCUT2D eigenvalue weighted by molar-refractivity contribution is -0.0364. The molecule has 94 valence electrons. The molecule has 0 radical (unpaired) electrons. The molecule has 1 aromatic heterocycles. The van der Waals surface area contributed by atoms with Crippen LogP contribution in [-0.2, 0) is 4.74 Å². The number of hydrogen-bond donors (Lipinski definition) is 1. The Morgan fingerprint density at radius 3 is 3.06 bits per heavy atom. The third-order valence-electron chi connectivity index (χ3n) is 3.22. The zero-order valence-electron chi connectivity index (χ0n) is 10.3. The molecule has 2 rings (SSSR count). The third-order valence-corrected chi connectivity index (χ3v) is 3.43. The van der Waals surface area contributed by atoms with Crippen LogP contribution in [0.3, 0.4) is 0 Å². The predicted octanol–water partition coefficient (Wildman–Crippen LogP) is 2.95. The number of halogens is 1. The van der Waals surface area contributed by atoms with Crippen LogP contribution in [0.4, 0.5) is 0 Å². The van der Waals surface area contributed by atoms with E-state index in [1.807, 2.05) is 19.1 Å². The van der Waals surface area contributed by atoms with Crippen LogP contribution in [0.5, 0.6) is 0 Å². The number of ether oxygens (including phenoxy) is 1. The van der Waals surface area contributed by atoms with E-state index in [-0.39, 0.29) is 12.2 Å². The highest BCUT2D eigenvalue weighted by atomic mass is 35.5. The smallest absolute Gasteiger partial charge is 0.129 e. The maximum absolute atomic E-state index is 6.06. The molecule has 1 aliphatic heterocycles. The minimum atomic E-state index is -0.0129. The summed E-state index contributed by atoms with van der Waals surface area (Å²) in [5, 5.41) is 3.95. The SMILES string of the molecule is C[C@@H]1NCCC[C@@H]1O[C@H](C)c1cccc(Cl)n1. The van der Waals surface area contributed by atoms with Gasteiger partial charge in [0.05, 0.1) is 17.9 Å². The van der Waals surface area contributed by atoms with Crippen molar-refractivity contribution in [3.8, 4) is 0 Å². The topological polar surface area (TPSA) is 34.1 Å². The molecular weight excluding hydrogens is 236 g/mol. The van der Waals surface area contributed by atoms with Crippen molar-refractivity contribution in [3.63, 3.8) is 0 Å². The second-order valence-electron chi connectivity index (χ2n) is 4.59. The largest absolute Gasteiger partial charge is 0.367 e. The second kappa shape index (κ2) is 5.80. The van der Waals surface area contributed by atoms with E-state index in [2.05, 4.69) is 17.2 Å². The summed E-state index contributed by atoms with van der Waals surface area (Å²) < 4.78 is 6.06. The number of nitrogens with one attached hydrogen (secondary N) is 1. The van der Waals surface area contributed by atoms with Crippen molar-refractivity contribution in [3.05, 3.63) is 29.0 Å². The Morgan fingerprint density at radius 2 is 2.35 bits per heavy atom. The molecule has 0 saturated carbocycles. The number of aromatic nitrogens is 1. The van der Waals surface area contributed by atoms with E-state index in [9.17, 15) is 0 Å². The highest BCUT2D eigenvalue weighted by molar-refractivity contribution is 6.29. The van der Waals surface area contributed by atoms with Gasteiger partial charge in [-0.2, -0.15) is 0 Å². The van der Waals surface area contributed by atoms with E-state index in [4.69, 9.17) is 16.3 Å². The summed E-state index contributed by atoms with van der Waals surface area (Å²) in [5.41, 5.74) is 0.898. The molecule has 1 aromatic rings. The maximum Gasteiger partial charge on any atom is 0.129 e. The fraction of sp³-hybridized carbons (Fsp3) is 0.615. The predicted molar refractivity (Wildman–Crippen MR) is 69.2 cm³/mol. The highest BCUT2D eigenvalue weighted by Crippen LogP contribution is 2.22. The normalized spacial score (nSPS) is 26.8. The summed E-state index contributed by atoms with van der Waals surface area (Å²) >= 11 is 5.88.